The normalized spacial score (nSPS) is 16.1. The second kappa shape index (κ2) is 6.98. The average molecular weight is 262 g/mol. The fourth-order valence-electron chi connectivity index (χ4n) is 2.68. The number of carbonyl (C=O) groups excluding carboxylic acids is 1. The lowest BCUT2D eigenvalue weighted by atomic mass is 9.97. The number of ketones is 1. The van der Waals surface area contributed by atoms with E-state index >= 15 is 0 Å². The van der Waals surface area contributed by atoms with Crippen molar-refractivity contribution in [2.75, 3.05) is 5.75 Å². The summed E-state index contributed by atoms with van der Waals surface area (Å²) >= 11 is 1.82. The Labute approximate surface area is 114 Å². The first-order chi connectivity index (χ1) is 8.79. The van der Waals surface area contributed by atoms with Crippen molar-refractivity contribution in [3.63, 3.8) is 0 Å². The predicted octanol–water partition coefficient (Wildman–Crippen LogP) is 4.95. The smallest absolute Gasteiger partial charge is 0.162 e. The summed E-state index contributed by atoms with van der Waals surface area (Å²) < 4.78 is 0. The Balaban J connectivity index is 1.83. The lowest BCUT2D eigenvalue weighted by molar-refractivity contribution is 0.0974. The van der Waals surface area contributed by atoms with Crippen LogP contribution in [0.25, 0.3) is 0 Å². The summed E-state index contributed by atoms with van der Waals surface area (Å²) in [6.07, 6.45) is 7.21. The quantitative estimate of drug-likeness (QED) is 0.533. The van der Waals surface area contributed by atoms with E-state index in [9.17, 15) is 4.79 Å². The maximum atomic E-state index is 12.1. The van der Waals surface area contributed by atoms with Gasteiger partial charge in [-0.05, 0) is 30.2 Å². The van der Waals surface area contributed by atoms with Crippen LogP contribution >= 0.6 is 11.8 Å². The highest BCUT2D eigenvalue weighted by Gasteiger charge is 2.16. The second-order valence-electron chi connectivity index (χ2n) is 5.07. The molecule has 0 unspecified atom stereocenters. The van der Waals surface area contributed by atoms with Crippen LogP contribution in [-0.4, -0.2) is 11.5 Å². The summed E-state index contributed by atoms with van der Waals surface area (Å²) in [5.41, 5.74) is 0.883. The first-order valence-corrected chi connectivity index (χ1v) is 8.04. The topological polar surface area (TPSA) is 17.1 Å². The molecule has 0 radical (unpaired) electrons. The van der Waals surface area contributed by atoms with Gasteiger partial charge in [-0.2, -0.15) is 0 Å². The van der Waals surface area contributed by atoms with E-state index in [0.717, 1.165) is 30.1 Å². The number of thioether (sulfide) groups is 1. The molecular formula is C16H22OS. The molecule has 0 bridgehead atoms. The zero-order chi connectivity index (χ0) is 12.8. The van der Waals surface area contributed by atoms with Gasteiger partial charge in [-0.3, -0.25) is 4.79 Å². The Hall–Kier alpha value is -0.760. The summed E-state index contributed by atoms with van der Waals surface area (Å²) in [6, 6.07) is 8.10. The van der Waals surface area contributed by atoms with Gasteiger partial charge in [0.1, 0.15) is 0 Å². The van der Waals surface area contributed by atoms with Gasteiger partial charge >= 0.3 is 0 Å². The maximum Gasteiger partial charge on any atom is 0.162 e. The third-order valence-electron chi connectivity index (χ3n) is 3.74. The lowest BCUT2D eigenvalue weighted by Crippen LogP contribution is -2.02. The van der Waals surface area contributed by atoms with E-state index in [4.69, 9.17) is 0 Å². The number of Topliss-reactive ketones (excluding diaryl/α,β-unsaturated/α-hetero) is 1. The Morgan fingerprint density at radius 2 is 1.89 bits per heavy atom. The Morgan fingerprint density at radius 1 is 1.22 bits per heavy atom. The third kappa shape index (κ3) is 3.88. The first-order valence-electron chi connectivity index (χ1n) is 7.05. The molecule has 2 heteroatoms. The highest BCUT2D eigenvalue weighted by Crippen LogP contribution is 2.29. The minimum Gasteiger partial charge on any atom is -0.294 e. The van der Waals surface area contributed by atoms with Crippen molar-refractivity contribution in [3.05, 3.63) is 29.8 Å². The molecule has 1 aromatic rings. The Morgan fingerprint density at radius 3 is 2.50 bits per heavy atom. The number of carbonyl (C=O) groups is 1. The molecule has 0 saturated heterocycles. The number of hydrogen-bond acceptors (Lipinski definition) is 2. The number of rotatable bonds is 6. The van der Waals surface area contributed by atoms with E-state index in [1.54, 1.807) is 0 Å². The van der Waals surface area contributed by atoms with Gasteiger partial charge in [-0.15, -0.1) is 11.8 Å². The summed E-state index contributed by atoms with van der Waals surface area (Å²) in [6.45, 7) is 2.14. The molecule has 0 atom stereocenters. The molecular weight excluding hydrogens is 240 g/mol. The minimum atomic E-state index is 0.315. The molecule has 1 nitrogen and oxygen atoms in total. The predicted molar refractivity (Wildman–Crippen MR) is 78.4 cm³/mol. The molecule has 1 aliphatic carbocycles. The molecule has 0 spiro atoms. The van der Waals surface area contributed by atoms with Gasteiger partial charge < -0.3 is 0 Å². The molecule has 0 N–H and O–H groups in total. The van der Waals surface area contributed by atoms with Crippen molar-refractivity contribution in [1.29, 1.82) is 0 Å². The molecule has 0 aromatic heterocycles. The molecule has 1 aromatic carbocycles. The van der Waals surface area contributed by atoms with Crippen molar-refractivity contribution in [1.82, 2.24) is 0 Å². The standard InChI is InChI=1S/C16H22OS/c1-2-18-15-10-8-14(9-11-15)16(17)12-7-13-5-3-4-6-13/h8-11,13H,2-7,12H2,1H3. The molecule has 0 amide bonds. The van der Waals surface area contributed by atoms with Crippen LogP contribution in [0.15, 0.2) is 29.2 Å². The van der Waals surface area contributed by atoms with Crippen LogP contribution in [0, 0.1) is 5.92 Å². The second-order valence-corrected chi connectivity index (χ2v) is 6.41. The van der Waals surface area contributed by atoms with Gasteiger partial charge in [-0.1, -0.05) is 44.7 Å². The lowest BCUT2D eigenvalue weighted by Gasteiger charge is -2.08. The summed E-state index contributed by atoms with van der Waals surface area (Å²) in [5, 5.41) is 0. The molecule has 1 saturated carbocycles. The van der Waals surface area contributed by atoms with Crippen molar-refractivity contribution in [2.45, 2.75) is 50.3 Å². The van der Waals surface area contributed by atoms with Crippen LogP contribution in [0.1, 0.15) is 55.8 Å². The number of hydrogen-bond donors (Lipinski definition) is 0. The van der Waals surface area contributed by atoms with Crippen molar-refractivity contribution >= 4 is 17.5 Å². The van der Waals surface area contributed by atoms with Crippen LogP contribution in [0.2, 0.25) is 0 Å². The first kappa shape index (κ1) is 13.7. The zero-order valence-corrected chi connectivity index (χ0v) is 12.0. The molecule has 1 fully saturated rings. The van der Waals surface area contributed by atoms with Gasteiger partial charge in [0.05, 0.1) is 0 Å². The Bertz CT molecular complexity index is 377. The van der Waals surface area contributed by atoms with Gasteiger partial charge in [-0.25, -0.2) is 0 Å². The molecule has 2 rings (SSSR count). The molecule has 1 aliphatic rings. The van der Waals surface area contributed by atoms with Gasteiger partial charge in [0, 0.05) is 16.9 Å². The van der Waals surface area contributed by atoms with E-state index in [-0.39, 0.29) is 0 Å². The largest absolute Gasteiger partial charge is 0.294 e. The van der Waals surface area contributed by atoms with Crippen LogP contribution in [0.4, 0.5) is 0 Å². The molecule has 0 heterocycles. The number of benzene rings is 1. The van der Waals surface area contributed by atoms with Gasteiger partial charge in [0.15, 0.2) is 5.78 Å². The minimum absolute atomic E-state index is 0.315. The highest BCUT2D eigenvalue weighted by atomic mass is 32.2. The maximum absolute atomic E-state index is 12.1. The molecule has 18 heavy (non-hydrogen) atoms. The van der Waals surface area contributed by atoms with E-state index < -0.39 is 0 Å². The average Bonchev–Trinajstić information content (AvgIpc) is 2.90. The van der Waals surface area contributed by atoms with Gasteiger partial charge in [0.25, 0.3) is 0 Å². The van der Waals surface area contributed by atoms with E-state index in [2.05, 4.69) is 19.1 Å². The molecule has 0 aliphatic heterocycles. The van der Waals surface area contributed by atoms with Crippen LogP contribution in [0.5, 0.6) is 0 Å². The molecule has 98 valence electrons. The van der Waals surface area contributed by atoms with Gasteiger partial charge in [0.2, 0.25) is 0 Å². The summed E-state index contributed by atoms with van der Waals surface area (Å²) in [7, 11) is 0. The Kier molecular flexibility index (Phi) is 5.30. The fourth-order valence-corrected chi connectivity index (χ4v) is 3.34. The van der Waals surface area contributed by atoms with Crippen LogP contribution in [0.3, 0.4) is 0 Å². The highest BCUT2D eigenvalue weighted by molar-refractivity contribution is 7.99. The van der Waals surface area contributed by atoms with Crippen LogP contribution < -0.4 is 0 Å². The fraction of sp³-hybridized carbons (Fsp3) is 0.562. The monoisotopic (exact) mass is 262 g/mol. The van der Waals surface area contributed by atoms with Crippen LogP contribution in [-0.2, 0) is 0 Å². The SMILES string of the molecule is CCSc1ccc(C(=O)CCC2CCCC2)cc1. The summed E-state index contributed by atoms with van der Waals surface area (Å²) in [4.78, 5) is 13.3. The summed E-state index contributed by atoms with van der Waals surface area (Å²) in [5.74, 6) is 2.20. The van der Waals surface area contributed by atoms with Crippen molar-refractivity contribution < 1.29 is 4.79 Å². The third-order valence-corrected chi connectivity index (χ3v) is 4.64. The van der Waals surface area contributed by atoms with E-state index in [1.165, 1.54) is 30.6 Å². The zero-order valence-electron chi connectivity index (χ0n) is 11.2. The van der Waals surface area contributed by atoms with Crippen molar-refractivity contribution in [2.24, 2.45) is 5.92 Å². The van der Waals surface area contributed by atoms with Crippen molar-refractivity contribution in [3.8, 4) is 0 Å². The van der Waals surface area contributed by atoms with E-state index in [1.807, 2.05) is 23.9 Å². The van der Waals surface area contributed by atoms with E-state index in [0.29, 0.717) is 5.78 Å².